The fraction of sp³-hybridized carbons (Fsp3) is 0.105. The van der Waals surface area contributed by atoms with Crippen LogP contribution in [0.3, 0.4) is 0 Å². The van der Waals surface area contributed by atoms with Crippen LogP contribution in [-0.4, -0.2) is 15.1 Å². The lowest BCUT2D eigenvalue weighted by Gasteiger charge is -2.03. The molecule has 2 aromatic carbocycles. The van der Waals surface area contributed by atoms with Crippen molar-refractivity contribution in [3.8, 4) is 22.6 Å². The van der Waals surface area contributed by atoms with Crippen LogP contribution in [0.2, 0.25) is 0 Å². The van der Waals surface area contributed by atoms with Crippen LogP contribution in [0.5, 0.6) is 0 Å². The number of nitrogens with one attached hydrogen (secondary N) is 1. The van der Waals surface area contributed by atoms with Crippen molar-refractivity contribution < 1.29 is 9.20 Å². The molecule has 0 atom stereocenters. The molecule has 0 aliphatic rings. The zero-order valence-corrected chi connectivity index (χ0v) is 13.9. The fourth-order valence-electron chi connectivity index (χ4n) is 2.93. The van der Waals surface area contributed by atoms with Crippen LogP contribution >= 0.6 is 0 Å². The van der Waals surface area contributed by atoms with Gasteiger partial charge in [0, 0.05) is 17.8 Å². The second-order valence-corrected chi connectivity index (χ2v) is 5.89. The first-order valence-electron chi connectivity index (χ1n) is 7.96. The monoisotopic (exact) mass is 333 g/mol. The molecule has 4 aromatic rings. The molecule has 6 nitrogen and oxygen atoms in total. The molecule has 0 radical (unpaired) electrons. The summed E-state index contributed by atoms with van der Waals surface area (Å²) in [6.45, 7) is 3.99. The second kappa shape index (κ2) is 5.90. The Balaban J connectivity index is 1.77. The summed E-state index contributed by atoms with van der Waals surface area (Å²) in [5.74, 6) is 0. The van der Waals surface area contributed by atoms with Crippen LogP contribution in [0.4, 0.5) is 0 Å². The third-order valence-electron chi connectivity index (χ3n) is 4.06. The molecule has 0 bridgehead atoms. The summed E-state index contributed by atoms with van der Waals surface area (Å²) >= 11 is 0. The van der Waals surface area contributed by atoms with Crippen molar-refractivity contribution in [1.82, 2.24) is 15.1 Å². The molecule has 4 rings (SSSR count). The maximum Gasteiger partial charge on any atom is 0.435 e. The van der Waals surface area contributed by atoms with E-state index in [2.05, 4.69) is 10.4 Å². The van der Waals surface area contributed by atoms with E-state index in [0.29, 0.717) is 5.69 Å². The van der Waals surface area contributed by atoms with Crippen LogP contribution in [0.25, 0.3) is 22.6 Å². The van der Waals surface area contributed by atoms with Gasteiger partial charge in [0.1, 0.15) is 0 Å². The van der Waals surface area contributed by atoms with Gasteiger partial charge >= 0.3 is 11.3 Å². The van der Waals surface area contributed by atoms with Crippen molar-refractivity contribution in [1.29, 1.82) is 0 Å². The molecule has 25 heavy (non-hydrogen) atoms. The Morgan fingerprint density at radius 3 is 2.40 bits per heavy atom. The Morgan fingerprint density at radius 1 is 1.04 bits per heavy atom. The van der Waals surface area contributed by atoms with Gasteiger partial charge in [-0.1, -0.05) is 18.2 Å². The summed E-state index contributed by atoms with van der Waals surface area (Å²) < 4.78 is 8.54. The van der Waals surface area contributed by atoms with Gasteiger partial charge in [0.05, 0.1) is 16.9 Å². The zero-order valence-electron chi connectivity index (χ0n) is 13.9. The highest BCUT2D eigenvalue weighted by Crippen LogP contribution is 2.15. The van der Waals surface area contributed by atoms with E-state index in [1.807, 2.05) is 79.2 Å². The summed E-state index contributed by atoms with van der Waals surface area (Å²) in [6.07, 6.45) is 0. The summed E-state index contributed by atoms with van der Waals surface area (Å²) in [5.41, 5.74) is 4.64. The van der Waals surface area contributed by atoms with Gasteiger partial charge in [0.25, 0.3) is 0 Å². The Hall–Kier alpha value is -3.41. The number of aryl methyl sites for hydroxylation is 2. The molecular formula is C19H17N4O2+. The van der Waals surface area contributed by atoms with Gasteiger partial charge in [-0.2, -0.15) is 5.10 Å². The average Bonchev–Trinajstić information content (AvgIpc) is 3.17. The number of aromatic amines is 1. The summed E-state index contributed by atoms with van der Waals surface area (Å²) in [4.78, 5) is 12.1. The largest absolute Gasteiger partial charge is 0.435 e. The molecule has 0 fully saturated rings. The molecular weight excluding hydrogens is 316 g/mol. The van der Waals surface area contributed by atoms with Crippen molar-refractivity contribution >= 4 is 0 Å². The van der Waals surface area contributed by atoms with Crippen LogP contribution in [0, 0.1) is 13.8 Å². The maximum atomic E-state index is 12.1. The van der Waals surface area contributed by atoms with Gasteiger partial charge < -0.3 is 0 Å². The van der Waals surface area contributed by atoms with Crippen LogP contribution < -0.4 is 10.3 Å². The molecule has 0 saturated carbocycles. The lowest BCUT2D eigenvalue weighted by molar-refractivity contribution is -0.660. The van der Waals surface area contributed by atoms with Gasteiger partial charge in [-0.3, -0.25) is 4.52 Å². The summed E-state index contributed by atoms with van der Waals surface area (Å²) in [5, 5.41) is 7.16. The van der Waals surface area contributed by atoms with E-state index in [1.165, 1.54) is 0 Å². The second-order valence-electron chi connectivity index (χ2n) is 5.89. The first-order chi connectivity index (χ1) is 12.1. The lowest BCUT2D eigenvalue weighted by Crippen LogP contribution is -2.36. The standard InChI is InChI=1S/C19H16N4O2/c1-13-12-14(2)22(20-13)16-8-10-17(11-9-16)23-18(19(24)25-21-23)15-6-4-3-5-7-15/h3-12H,1-2H3/p+1. The van der Waals surface area contributed by atoms with Crippen molar-refractivity contribution in [3.63, 3.8) is 0 Å². The first-order valence-corrected chi connectivity index (χ1v) is 7.96. The number of nitrogens with zero attached hydrogens (tertiary/aromatic N) is 3. The highest BCUT2D eigenvalue weighted by molar-refractivity contribution is 5.55. The summed E-state index contributed by atoms with van der Waals surface area (Å²) in [7, 11) is 0. The SMILES string of the molecule is Cc1cc(C)n(-c2ccc(-[n+]3[nH]oc(=O)c3-c3ccccc3)cc2)n1. The molecule has 0 aliphatic heterocycles. The van der Waals surface area contributed by atoms with E-state index >= 15 is 0 Å². The van der Waals surface area contributed by atoms with Crippen molar-refractivity contribution in [2.45, 2.75) is 13.8 Å². The van der Waals surface area contributed by atoms with Gasteiger partial charge in [0.2, 0.25) is 5.69 Å². The van der Waals surface area contributed by atoms with Crippen LogP contribution in [0.15, 0.2) is 70.0 Å². The minimum atomic E-state index is -0.408. The highest BCUT2D eigenvalue weighted by atomic mass is 16.5. The maximum absolute atomic E-state index is 12.1. The molecule has 1 N–H and O–H groups in total. The molecule has 2 heterocycles. The minimum absolute atomic E-state index is 0.408. The number of aromatic nitrogens is 4. The van der Waals surface area contributed by atoms with E-state index in [-0.39, 0.29) is 0 Å². The van der Waals surface area contributed by atoms with E-state index in [9.17, 15) is 4.79 Å². The number of hydrogen-bond donors (Lipinski definition) is 1. The van der Waals surface area contributed by atoms with E-state index in [0.717, 1.165) is 28.3 Å². The predicted octanol–water partition coefficient (Wildman–Crippen LogP) is 2.71. The molecule has 0 saturated heterocycles. The molecule has 0 aliphatic carbocycles. The zero-order chi connectivity index (χ0) is 17.4. The van der Waals surface area contributed by atoms with Crippen molar-refractivity contribution in [3.05, 3.63) is 82.5 Å². The number of rotatable bonds is 3. The average molecular weight is 333 g/mol. The number of hydrogen-bond acceptors (Lipinski definition) is 3. The van der Waals surface area contributed by atoms with Crippen LogP contribution in [-0.2, 0) is 0 Å². The minimum Gasteiger partial charge on any atom is -0.282 e. The van der Waals surface area contributed by atoms with Gasteiger partial charge in [0.15, 0.2) is 0 Å². The molecule has 6 heteroatoms. The van der Waals surface area contributed by atoms with Crippen molar-refractivity contribution in [2.24, 2.45) is 0 Å². The number of H-pyrrole nitrogens is 1. The van der Waals surface area contributed by atoms with E-state index in [4.69, 9.17) is 4.52 Å². The van der Waals surface area contributed by atoms with Crippen molar-refractivity contribution in [2.75, 3.05) is 0 Å². The van der Waals surface area contributed by atoms with E-state index in [1.54, 1.807) is 4.68 Å². The smallest absolute Gasteiger partial charge is 0.282 e. The summed E-state index contributed by atoms with van der Waals surface area (Å²) in [6, 6.07) is 19.2. The molecule has 2 aromatic heterocycles. The van der Waals surface area contributed by atoms with Gasteiger partial charge in [-0.25, -0.2) is 9.48 Å². The molecule has 124 valence electrons. The predicted molar refractivity (Wildman–Crippen MR) is 92.9 cm³/mol. The highest BCUT2D eigenvalue weighted by Gasteiger charge is 2.24. The quantitative estimate of drug-likeness (QED) is 0.586. The fourth-order valence-corrected chi connectivity index (χ4v) is 2.93. The van der Waals surface area contributed by atoms with Crippen LogP contribution in [0.1, 0.15) is 11.4 Å². The third kappa shape index (κ3) is 2.67. The first kappa shape index (κ1) is 15.1. The normalized spacial score (nSPS) is 11.0. The van der Waals surface area contributed by atoms with E-state index < -0.39 is 5.63 Å². The Morgan fingerprint density at radius 2 is 1.76 bits per heavy atom. The Kier molecular flexibility index (Phi) is 3.57. The Bertz CT molecular complexity index is 1070. The van der Waals surface area contributed by atoms with Gasteiger partial charge in [-0.05, 0) is 54.1 Å². The third-order valence-corrected chi connectivity index (χ3v) is 4.06. The topological polar surface area (TPSA) is 67.7 Å². The van der Waals surface area contributed by atoms with Gasteiger partial charge in [-0.15, -0.1) is 0 Å². The molecule has 0 amide bonds. The molecule has 0 spiro atoms. The Labute approximate surface area is 143 Å². The lowest BCUT2D eigenvalue weighted by atomic mass is 10.1. The number of benzene rings is 2. The molecule has 0 unspecified atom stereocenters.